The van der Waals surface area contributed by atoms with Crippen LogP contribution < -0.4 is 9.80 Å². The van der Waals surface area contributed by atoms with Crippen molar-refractivity contribution in [2.75, 3.05) is 9.80 Å². The average Bonchev–Trinajstić information content (AvgIpc) is 4.11. The summed E-state index contributed by atoms with van der Waals surface area (Å²) in [7, 11) is 0. The van der Waals surface area contributed by atoms with E-state index in [1.165, 1.54) is 107 Å². The molecule has 0 N–H and O–H groups in total. The highest BCUT2D eigenvalue weighted by Gasteiger charge is 2.22. The number of fused-ring (bicyclic) bond motifs is 6. The lowest BCUT2D eigenvalue weighted by molar-refractivity contribution is 1.24. The van der Waals surface area contributed by atoms with Crippen LogP contribution in [-0.4, -0.2) is 0 Å². The summed E-state index contributed by atoms with van der Waals surface area (Å²) in [6.45, 7) is 4.50. The van der Waals surface area contributed by atoms with Gasteiger partial charge in [0.2, 0.25) is 0 Å². The zero-order valence-electron chi connectivity index (χ0n) is 43.3. The summed E-state index contributed by atoms with van der Waals surface area (Å²) in [5.74, 6) is 0. The first-order valence-electron chi connectivity index (χ1n) is 26.6. The Labute approximate surface area is 463 Å². The van der Waals surface area contributed by atoms with Crippen LogP contribution in [0.5, 0.6) is 0 Å². The van der Waals surface area contributed by atoms with Gasteiger partial charge in [-0.25, -0.2) is 0 Å². The van der Waals surface area contributed by atoms with Gasteiger partial charge < -0.3 is 9.80 Å². The Morgan fingerprint density at radius 1 is 0.231 bits per heavy atom. The Morgan fingerprint density at radius 3 is 0.987 bits per heavy atom. The highest BCUT2D eigenvalue weighted by Crippen LogP contribution is 2.47. The molecule has 2 nitrogen and oxygen atoms in total. The topological polar surface area (TPSA) is 6.48 Å². The Hall–Kier alpha value is -9.32. The van der Waals surface area contributed by atoms with Gasteiger partial charge in [0.15, 0.2) is 0 Å². The third-order valence-electron chi connectivity index (χ3n) is 15.3. The molecule has 4 heteroatoms. The van der Waals surface area contributed by atoms with Gasteiger partial charge in [0.25, 0.3) is 0 Å². The van der Waals surface area contributed by atoms with E-state index in [9.17, 15) is 0 Å². The number of anilines is 6. The molecule has 0 bridgehead atoms. The maximum atomic E-state index is 2.44. The number of para-hydroxylation sites is 2. The minimum absolute atomic E-state index is 1.10. The molecule has 0 fully saturated rings. The maximum absolute atomic E-state index is 2.44. The van der Waals surface area contributed by atoms with Gasteiger partial charge in [-0.3, -0.25) is 0 Å². The highest BCUT2D eigenvalue weighted by atomic mass is 32.1. The first-order valence-corrected chi connectivity index (χ1v) is 28.3. The summed E-state index contributed by atoms with van der Waals surface area (Å²) in [6.07, 6.45) is 0. The molecule has 0 aliphatic carbocycles. The van der Waals surface area contributed by atoms with Crippen LogP contribution >= 0.6 is 22.7 Å². The summed E-state index contributed by atoms with van der Waals surface area (Å²) < 4.78 is 5.28. The van der Waals surface area contributed by atoms with E-state index >= 15 is 0 Å². The van der Waals surface area contributed by atoms with Crippen LogP contribution in [0.25, 0.3) is 96.0 Å². The van der Waals surface area contributed by atoms with Gasteiger partial charge in [-0.15, -0.1) is 22.7 Å². The van der Waals surface area contributed by atoms with Crippen LogP contribution in [0, 0.1) is 13.8 Å². The molecule has 0 radical (unpaired) electrons. The molecule has 0 aliphatic rings. The van der Waals surface area contributed by atoms with E-state index in [0.29, 0.717) is 0 Å². The third kappa shape index (κ3) is 8.62. The monoisotopic (exact) mass is 1030 g/mol. The molecule has 0 unspecified atom stereocenters. The van der Waals surface area contributed by atoms with E-state index in [-0.39, 0.29) is 0 Å². The summed E-state index contributed by atoms with van der Waals surface area (Å²) in [5, 5.41) is 5.25. The molecule has 14 rings (SSSR count). The number of thiophene rings is 2. The van der Waals surface area contributed by atoms with Crippen LogP contribution in [0.4, 0.5) is 34.1 Å². The van der Waals surface area contributed by atoms with E-state index in [2.05, 4.69) is 303 Å². The second-order valence-electron chi connectivity index (χ2n) is 20.2. The van der Waals surface area contributed by atoms with Crippen molar-refractivity contribution >= 4 is 97.1 Å². The summed E-state index contributed by atoms with van der Waals surface area (Å²) >= 11 is 3.72. The van der Waals surface area contributed by atoms with Gasteiger partial charge in [-0.2, -0.15) is 0 Å². The van der Waals surface area contributed by atoms with Crippen LogP contribution in [0.1, 0.15) is 11.1 Å². The second-order valence-corrected chi connectivity index (χ2v) is 22.3. The molecule has 14 aromatic rings. The Morgan fingerprint density at radius 2 is 0.564 bits per heavy atom. The van der Waals surface area contributed by atoms with Crippen molar-refractivity contribution < 1.29 is 0 Å². The Balaban J connectivity index is 0.832. The third-order valence-corrected chi connectivity index (χ3v) is 17.6. The molecule has 0 atom stereocenters. The summed E-state index contributed by atoms with van der Waals surface area (Å²) in [6, 6.07) is 102. The molecule has 0 aliphatic heterocycles. The molecule has 12 aromatic carbocycles. The zero-order chi connectivity index (χ0) is 52.1. The molecule has 0 spiro atoms. The number of benzene rings is 12. The maximum Gasteiger partial charge on any atom is 0.0540 e. The summed E-state index contributed by atoms with van der Waals surface area (Å²) in [5.41, 5.74) is 20.9. The van der Waals surface area contributed by atoms with Gasteiger partial charge in [-0.05, 0) is 167 Å². The quantitative estimate of drug-likeness (QED) is 0.127. The van der Waals surface area contributed by atoms with Crippen molar-refractivity contribution in [3.8, 4) is 55.6 Å². The molecule has 0 saturated heterocycles. The molecular weight excluding hydrogens is 981 g/mol. The molecule has 0 saturated carbocycles. The van der Waals surface area contributed by atoms with E-state index < -0.39 is 0 Å². The summed E-state index contributed by atoms with van der Waals surface area (Å²) in [4.78, 5) is 4.87. The minimum atomic E-state index is 1.10. The first kappa shape index (κ1) is 47.2. The Kier molecular flexibility index (Phi) is 12.1. The second kappa shape index (κ2) is 20.0. The molecule has 2 heterocycles. The number of aryl methyl sites for hydroxylation is 2. The van der Waals surface area contributed by atoms with Crippen molar-refractivity contribution in [1.29, 1.82) is 0 Å². The van der Waals surface area contributed by atoms with Crippen molar-refractivity contribution in [3.63, 3.8) is 0 Å². The standard InChI is InChI=1S/C74H52N2S2/c1-49-45-55(33-41-67(49)75(69-25-13-9-21-61(69)53-17-5-3-6-18-53)59-37-29-51(30-38-59)57-35-43-73-65(47-57)63-23-11-15-27-71(63)77-73)56-34-42-68(50(2)46-56)76(70-26-14-10-22-62(70)54-19-7-4-8-20-54)60-39-31-52(32-40-60)58-36-44-74-66(48-58)64-24-12-16-28-72(64)78-74/h3-48H,1-2H3. The molecule has 78 heavy (non-hydrogen) atoms. The Bertz CT molecular complexity index is 4220. The van der Waals surface area contributed by atoms with Crippen LogP contribution in [0.3, 0.4) is 0 Å². The van der Waals surface area contributed by atoms with Crippen molar-refractivity contribution in [3.05, 3.63) is 290 Å². The van der Waals surface area contributed by atoms with Gasteiger partial charge in [0.05, 0.1) is 11.4 Å². The number of nitrogens with zero attached hydrogens (tertiary/aromatic N) is 2. The van der Waals surface area contributed by atoms with Crippen molar-refractivity contribution in [2.24, 2.45) is 0 Å². The highest BCUT2D eigenvalue weighted by molar-refractivity contribution is 7.26. The number of hydrogen-bond acceptors (Lipinski definition) is 4. The first-order chi connectivity index (χ1) is 38.5. The molecule has 2 aromatic heterocycles. The molecular formula is C74H52N2S2. The fourth-order valence-electron chi connectivity index (χ4n) is 11.5. The zero-order valence-corrected chi connectivity index (χ0v) is 44.9. The van der Waals surface area contributed by atoms with Crippen LogP contribution in [-0.2, 0) is 0 Å². The van der Waals surface area contributed by atoms with E-state index in [1.807, 2.05) is 22.7 Å². The van der Waals surface area contributed by atoms with E-state index in [4.69, 9.17) is 0 Å². The fraction of sp³-hybridized carbons (Fsp3) is 0.0270. The van der Waals surface area contributed by atoms with E-state index in [0.717, 1.165) is 34.1 Å². The molecule has 0 amide bonds. The molecule has 370 valence electrons. The lowest BCUT2D eigenvalue weighted by atomic mass is 9.96. The lowest BCUT2D eigenvalue weighted by Crippen LogP contribution is -2.13. The van der Waals surface area contributed by atoms with Crippen LogP contribution in [0.2, 0.25) is 0 Å². The smallest absolute Gasteiger partial charge is 0.0540 e. The average molecular weight is 1030 g/mol. The predicted molar refractivity (Wildman–Crippen MR) is 338 cm³/mol. The number of hydrogen-bond donors (Lipinski definition) is 0. The predicted octanol–water partition coefficient (Wildman–Crippen LogP) is 22.3. The number of rotatable bonds is 11. The van der Waals surface area contributed by atoms with Gasteiger partial charge >= 0.3 is 0 Å². The van der Waals surface area contributed by atoms with Gasteiger partial charge in [-0.1, -0.05) is 182 Å². The van der Waals surface area contributed by atoms with E-state index in [1.54, 1.807) is 0 Å². The van der Waals surface area contributed by atoms with Crippen molar-refractivity contribution in [2.45, 2.75) is 13.8 Å². The normalized spacial score (nSPS) is 11.5. The largest absolute Gasteiger partial charge is 0.310 e. The lowest BCUT2D eigenvalue weighted by Gasteiger charge is -2.30. The SMILES string of the molecule is Cc1cc(-c2ccc(N(c3ccc(-c4ccc5sc6ccccc6c5c4)cc3)c3ccccc3-c3ccccc3)c(C)c2)ccc1N(c1ccc(-c2ccc3sc4ccccc4c3c2)cc1)c1ccccc1-c1ccccc1. The van der Waals surface area contributed by atoms with Crippen LogP contribution in [0.15, 0.2) is 279 Å². The van der Waals surface area contributed by atoms with Gasteiger partial charge in [0, 0.05) is 74.2 Å². The van der Waals surface area contributed by atoms with Crippen molar-refractivity contribution in [1.82, 2.24) is 0 Å². The minimum Gasteiger partial charge on any atom is -0.310 e. The fourth-order valence-corrected chi connectivity index (χ4v) is 13.6. The van der Waals surface area contributed by atoms with Gasteiger partial charge in [0.1, 0.15) is 0 Å².